The molecule has 4 heterocycles. The molecule has 0 aliphatic rings. The summed E-state index contributed by atoms with van der Waals surface area (Å²) < 4.78 is 11.4. The highest BCUT2D eigenvalue weighted by Gasteiger charge is 2.21. The molecule has 5 aromatic carbocycles. The average molecular weight is 688 g/mol. The molecule has 5 heteroatoms. The van der Waals surface area contributed by atoms with Crippen molar-refractivity contribution in [3.63, 3.8) is 0 Å². The summed E-state index contributed by atoms with van der Waals surface area (Å²) in [4.78, 5) is 10.3. The molecule has 0 bridgehead atoms. The van der Waals surface area contributed by atoms with Crippen LogP contribution in [0.15, 0.2) is 158 Å². The molecule has 0 atom stereocenters. The van der Waals surface area contributed by atoms with Gasteiger partial charge in [0.1, 0.15) is 16.8 Å². The lowest BCUT2D eigenvalue weighted by Gasteiger charge is -2.10. The molecule has 4 aromatic heterocycles. The molecule has 9 aromatic rings. The maximum Gasteiger partial charge on any atom is 0.180 e. The predicted molar refractivity (Wildman–Crippen MR) is 223 cm³/mol. The maximum absolute atomic E-state index is 6.64. The molecule has 0 N–H and O–H groups in total. The number of rotatable bonds is 8. The van der Waals surface area contributed by atoms with Gasteiger partial charge in [-0.05, 0) is 78.7 Å². The molecule has 9 rings (SSSR count). The number of allylic oxidation sites excluding steroid dienone is 5. The fourth-order valence-electron chi connectivity index (χ4n) is 7.31. The van der Waals surface area contributed by atoms with Crippen LogP contribution in [0.4, 0.5) is 0 Å². The minimum Gasteiger partial charge on any atom is -0.452 e. The summed E-state index contributed by atoms with van der Waals surface area (Å²) in [6.07, 6.45) is 11.7. The molecular weight excluding hydrogens is 655 g/mol. The van der Waals surface area contributed by atoms with Crippen molar-refractivity contribution in [3.05, 3.63) is 164 Å². The summed E-state index contributed by atoms with van der Waals surface area (Å²) >= 11 is 1.81. The number of nitrogens with zero attached hydrogens (tertiary/aromatic N) is 3. The molecule has 0 saturated heterocycles. The van der Waals surface area contributed by atoms with Crippen molar-refractivity contribution in [1.29, 1.82) is 0 Å². The second kappa shape index (κ2) is 12.6. The molecule has 0 aliphatic carbocycles. The zero-order valence-electron chi connectivity index (χ0n) is 28.6. The molecule has 0 spiro atoms. The zero-order chi connectivity index (χ0) is 35.3. The monoisotopic (exact) mass is 687 g/mol. The Morgan fingerprint density at radius 2 is 1.42 bits per heavy atom. The van der Waals surface area contributed by atoms with Crippen LogP contribution >= 0.6 is 11.3 Å². The van der Waals surface area contributed by atoms with Crippen molar-refractivity contribution < 1.29 is 4.42 Å². The first-order valence-electron chi connectivity index (χ1n) is 17.2. The molecule has 0 fully saturated rings. The smallest absolute Gasteiger partial charge is 0.180 e. The topological polar surface area (TPSA) is 43.9 Å². The van der Waals surface area contributed by atoms with Crippen molar-refractivity contribution in [3.8, 4) is 33.8 Å². The van der Waals surface area contributed by atoms with Crippen LogP contribution in [0.25, 0.3) is 105 Å². The summed E-state index contributed by atoms with van der Waals surface area (Å²) in [6.45, 7) is 14.3. The minimum atomic E-state index is 0.659. The molecule has 248 valence electrons. The first-order chi connectivity index (χ1) is 25.6. The van der Waals surface area contributed by atoms with Gasteiger partial charge in [0.05, 0.1) is 11.2 Å². The van der Waals surface area contributed by atoms with Gasteiger partial charge in [0.2, 0.25) is 0 Å². The molecule has 0 unspecified atom stereocenters. The lowest BCUT2D eigenvalue weighted by Crippen LogP contribution is -1.97. The van der Waals surface area contributed by atoms with Crippen LogP contribution in [0, 0.1) is 0 Å². The first-order valence-corrected chi connectivity index (χ1v) is 18.0. The van der Waals surface area contributed by atoms with Gasteiger partial charge >= 0.3 is 0 Å². The Balaban J connectivity index is 1.26. The van der Waals surface area contributed by atoms with E-state index in [0.29, 0.717) is 11.4 Å². The van der Waals surface area contributed by atoms with Gasteiger partial charge in [-0.1, -0.05) is 105 Å². The van der Waals surface area contributed by atoms with E-state index in [4.69, 9.17) is 14.4 Å². The van der Waals surface area contributed by atoms with E-state index in [1.165, 1.54) is 20.2 Å². The number of benzene rings is 5. The number of thiophene rings is 1. The number of fused-ring (bicyclic) bond motifs is 7. The largest absolute Gasteiger partial charge is 0.452 e. The van der Waals surface area contributed by atoms with E-state index in [9.17, 15) is 0 Å². The van der Waals surface area contributed by atoms with Crippen LogP contribution in [-0.4, -0.2) is 14.5 Å². The third-order valence-corrected chi connectivity index (χ3v) is 10.8. The normalized spacial score (nSPS) is 12.2. The van der Waals surface area contributed by atoms with Gasteiger partial charge in [-0.3, -0.25) is 0 Å². The Morgan fingerprint density at radius 1 is 0.692 bits per heavy atom. The Labute approximate surface area is 305 Å². The van der Waals surface area contributed by atoms with Gasteiger partial charge in [0.15, 0.2) is 11.4 Å². The van der Waals surface area contributed by atoms with Crippen molar-refractivity contribution in [2.24, 2.45) is 0 Å². The fraction of sp³-hybridized carbons (Fsp3) is 0.0213. The molecule has 4 nitrogen and oxygen atoms in total. The summed E-state index contributed by atoms with van der Waals surface area (Å²) in [5.74, 6) is 0.659. The lowest BCUT2D eigenvalue weighted by molar-refractivity contribution is 0.667. The van der Waals surface area contributed by atoms with E-state index >= 15 is 0 Å². The highest BCUT2D eigenvalue weighted by atomic mass is 32.1. The molecule has 0 amide bonds. The van der Waals surface area contributed by atoms with Gasteiger partial charge in [-0.25, -0.2) is 9.97 Å². The Bertz CT molecular complexity index is 2970. The zero-order valence-corrected chi connectivity index (χ0v) is 29.5. The summed E-state index contributed by atoms with van der Waals surface area (Å²) in [7, 11) is 0. The van der Waals surface area contributed by atoms with Gasteiger partial charge < -0.3 is 8.98 Å². The highest BCUT2D eigenvalue weighted by molar-refractivity contribution is 7.25. The maximum atomic E-state index is 6.64. The third kappa shape index (κ3) is 4.97. The van der Waals surface area contributed by atoms with E-state index in [0.717, 1.165) is 72.3 Å². The Morgan fingerprint density at radius 3 is 2.21 bits per heavy atom. The number of furan rings is 1. The SMILES string of the molecule is C=C/C=C(\C=C/C)n1c(C=C)c(C=C)c2cc(-c3ccc4oc5c(-c6ccc7sc8ccccc8c7c6)nc(-c6ccccc6)nc5c4c3)ccc21. The number of aromatic nitrogens is 3. The van der Waals surface area contributed by atoms with Gasteiger partial charge in [-0.2, -0.15) is 0 Å². The van der Waals surface area contributed by atoms with E-state index in [2.05, 4.69) is 115 Å². The summed E-state index contributed by atoms with van der Waals surface area (Å²) in [6, 6.07) is 38.2. The van der Waals surface area contributed by atoms with Crippen LogP contribution in [0.5, 0.6) is 0 Å². The van der Waals surface area contributed by atoms with Crippen LogP contribution < -0.4 is 0 Å². The number of hydrogen-bond donors (Lipinski definition) is 0. The first kappa shape index (κ1) is 31.4. The third-order valence-electron chi connectivity index (χ3n) is 9.65. The molecule has 0 aliphatic heterocycles. The predicted octanol–water partition coefficient (Wildman–Crippen LogP) is 13.6. The van der Waals surface area contributed by atoms with E-state index in [-0.39, 0.29) is 0 Å². The van der Waals surface area contributed by atoms with Crippen molar-refractivity contribution in [2.75, 3.05) is 0 Å². The lowest BCUT2D eigenvalue weighted by atomic mass is 10.0. The second-order valence-electron chi connectivity index (χ2n) is 12.7. The quantitative estimate of drug-likeness (QED) is 0.149. The van der Waals surface area contributed by atoms with E-state index < -0.39 is 0 Å². The summed E-state index contributed by atoms with van der Waals surface area (Å²) in [5.41, 5.74) is 11.2. The van der Waals surface area contributed by atoms with Crippen molar-refractivity contribution in [2.45, 2.75) is 6.92 Å². The minimum absolute atomic E-state index is 0.659. The van der Waals surface area contributed by atoms with Gasteiger partial charge in [0.25, 0.3) is 0 Å². The average Bonchev–Trinajstić information content (AvgIpc) is 3.86. The van der Waals surface area contributed by atoms with Crippen LogP contribution in [0.3, 0.4) is 0 Å². The van der Waals surface area contributed by atoms with Crippen molar-refractivity contribution >= 4 is 82.3 Å². The second-order valence-corrected chi connectivity index (χ2v) is 13.7. The molecule has 0 saturated carbocycles. The van der Waals surface area contributed by atoms with Crippen LogP contribution in [0.2, 0.25) is 0 Å². The number of hydrogen-bond acceptors (Lipinski definition) is 4. The molecule has 52 heavy (non-hydrogen) atoms. The van der Waals surface area contributed by atoms with E-state index in [1.807, 2.05) is 55.5 Å². The van der Waals surface area contributed by atoms with Crippen molar-refractivity contribution in [1.82, 2.24) is 14.5 Å². The van der Waals surface area contributed by atoms with E-state index in [1.54, 1.807) is 17.4 Å². The Kier molecular flexibility index (Phi) is 7.64. The Hall–Kier alpha value is -6.56. The fourth-order valence-corrected chi connectivity index (χ4v) is 8.40. The highest BCUT2D eigenvalue weighted by Crippen LogP contribution is 2.41. The standard InChI is InChI=1S/C47H33N3OS/c1-5-14-33(15-6-2)50-39(8-4)34(7-3)36-26-30(20-23-40(36)50)31-21-24-41-38(27-31)45-46(51-41)44(48-47(49-45)29-16-10-9-11-17-29)32-22-25-43-37(28-32)35-18-12-13-19-42(35)52-43/h5-28H,1,3-4H2,2H3/b15-6-,33-14+. The van der Waals surface area contributed by atoms with Gasteiger partial charge in [-0.15, -0.1) is 11.3 Å². The summed E-state index contributed by atoms with van der Waals surface area (Å²) in [5, 5.41) is 4.48. The molecular formula is C47H33N3OS. The van der Waals surface area contributed by atoms with Crippen LogP contribution in [-0.2, 0) is 0 Å². The van der Waals surface area contributed by atoms with Gasteiger partial charge in [0, 0.05) is 53.3 Å². The molecule has 0 radical (unpaired) electrons. The van der Waals surface area contributed by atoms with Crippen LogP contribution in [0.1, 0.15) is 18.2 Å².